The Hall–Kier alpha value is -1.30. The maximum atomic E-state index is 11.9. The second kappa shape index (κ2) is 6.58. The van der Waals surface area contributed by atoms with Crippen molar-refractivity contribution in [2.45, 2.75) is 25.9 Å². The molecule has 104 valence electrons. The van der Waals surface area contributed by atoms with Gasteiger partial charge in [-0.1, -0.05) is 0 Å². The molecule has 0 bridgehead atoms. The molecule has 0 aromatic heterocycles. The quantitative estimate of drug-likeness (QED) is 0.740. The highest BCUT2D eigenvalue weighted by Crippen LogP contribution is 2.17. The third-order valence-electron chi connectivity index (χ3n) is 3.02. The number of likely N-dealkylation sites (tertiary alicyclic amines) is 1. The Bertz CT molecular complexity index is 305. The van der Waals surface area contributed by atoms with Crippen molar-refractivity contribution < 1.29 is 14.7 Å². The Morgan fingerprint density at radius 1 is 1.50 bits per heavy atom. The van der Waals surface area contributed by atoms with Crippen LogP contribution >= 0.6 is 0 Å². The van der Waals surface area contributed by atoms with Crippen molar-refractivity contribution in [2.75, 3.05) is 33.7 Å². The van der Waals surface area contributed by atoms with E-state index < -0.39 is 6.10 Å². The van der Waals surface area contributed by atoms with Gasteiger partial charge >= 0.3 is 6.03 Å². The van der Waals surface area contributed by atoms with E-state index >= 15 is 0 Å². The van der Waals surface area contributed by atoms with Crippen molar-refractivity contribution in [1.29, 1.82) is 0 Å². The number of amides is 3. The Kier molecular flexibility index (Phi) is 5.40. The molecule has 2 atom stereocenters. The van der Waals surface area contributed by atoms with Crippen LogP contribution in [-0.4, -0.2) is 66.7 Å². The average molecular weight is 257 g/mol. The molecule has 0 aromatic rings. The monoisotopic (exact) mass is 257 g/mol. The van der Waals surface area contributed by atoms with Crippen LogP contribution in [0.25, 0.3) is 0 Å². The van der Waals surface area contributed by atoms with Crippen LogP contribution in [0.4, 0.5) is 4.79 Å². The molecule has 3 amide bonds. The summed E-state index contributed by atoms with van der Waals surface area (Å²) in [5, 5.41) is 11.8. The molecule has 6 nitrogen and oxygen atoms in total. The minimum absolute atomic E-state index is 0.0528. The molecule has 1 saturated heterocycles. The molecule has 1 fully saturated rings. The van der Waals surface area contributed by atoms with Crippen LogP contribution in [0.2, 0.25) is 0 Å². The van der Waals surface area contributed by atoms with Crippen molar-refractivity contribution in [1.82, 2.24) is 15.1 Å². The summed E-state index contributed by atoms with van der Waals surface area (Å²) in [7, 11) is 3.42. The number of aliphatic hydroxyl groups is 1. The summed E-state index contributed by atoms with van der Waals surface area (Å²) in [5.74, 6) is -0.242. The molecule has 2 unspecified atom stereocenters. The topological polar surface area (TPSA) is 72.9 Å². The Morgan fingerprint density at radius 3 is 2.72 bits per heavy atom. The van der Waals surface area contributed by atoms with Gasteiger partial charge in [0.25, 0.3) is 0 Å². The minimum Gasteiger partial charge on any atom is -0.392 e. The van der Waals surface area contributed by atoms with Crippen molar-refractivity contribution in [3.8, 4) is 0 Å². The molecular weight excluding hydrogens is 234 g/mol. The molecule has 0 aliphatic carbocycles. The number of urea groups is 1. The third-order valence-corrected chi connectivity index (χ3v) is 3.02. The number of hydrogen-bond acceptors (Lipinski definition) is 3. The van der Waals surface area contributed by atoms with Gasteiger partial charge in [-0.05, 0) is 19.8 Å². The SMILES string of the molecule is CC(O)CNC(=O)C1CCCN(C(=O)N(C)C)C1. The highest BCUT2D eigenvalue weighted by atomic mass is 16.3. The van der Waals surface area contributed by atoms with Crippen LogP contribution in [0.15, 0.2) is 0 Å². The summed E-state index contributed by atoms with van der Waals surface area (Å²) in [6, 6.07) is -0.0528. The van der Waals surface area contributed by atoms with Gasteiger partial charge in [0, 0.05) is 33.7 Å². The number of nitrogens with one attached hydrogen (secondary N) is 1. The first-order valence-corrected chi connectivity index (χ1v) is 6.33. The standard InChI is InChI=1S/C12H23N3O3/c1-9(16)7-13-11(17)10-5-4-6-15(8-10)12(18)14(2)3/h9-10,16H,4-8H2,1-3H3,(H,13,17). The molecular formula is C12H23N3O3. The summed E-state index contributed by atoms with van der Waals surface area (Å²) in [6.07, 6.45) is 1.09. The Labute approximate surface area is 108 Å². The summed E-state index contributed by atoms with van der Waals surface area (Å²) in [6.45, 7) is 3.06. The summed E-state index contributed by atoms with van der Waals surface area (Å²) >= 11 is 0. The first-order chi connectivity index (χ1) is 8.41. The number of nitrogens with zero attached hydrogens (tertiary/aromatic N) is 2. The maximum absolute atomic E-state index is 11.9. The number of hydrogen-bond donors (Lipinski definition) is 2. The lowest BCUT2D eigenvalue weighted by atomic mass is 9.97. The smallest absolute Gasteiger partial charge is 0.319 e. The van der Waals surface area contributed by atoms with Gasteiger partial charge in [-0.2, -0.15) is 0 Å². The lowest BCUT2D eigenvalue weighted by Crippen LogP contribution is -2.49. The second-order valence-electron chi connectivity index (χ2n) is 5.06. The fourth-order valence-corrected chi connectivity index (χ4v) is 2.04. The molecule has 6 heteroatoms. The Balaban J connectivity index is 2.48. The van der Waals surface area contributed by atoms with Gasteiger partial charge in [-0.3, -0.25) is 4.79 Å². The average Bonchev–Trinajstić information content (AvgIpc) is 2.34. The fourth-order valence-electron chi connectivity index (χ4n) is 2.04. The van der Waals surface area contributed by atoms with E-state index in [4.69, 9.17) is 5.11 Å². The largest absolute Gasteiger partial charge is 0.392 e. The zero-order valence-corrected chi connectivity index (χ0v) is 11.3. The highest BCUT2D eigenvalue weighted by Gasteiger charge is 2.28. The predicted octanol–water partition coefficient (Wildman–Crippen LogP) is -0.123. The van der Waals surface area contributed by atoms with Gasteiger partial charge in [0.2, 0.25) is 5.91 Å². The summed E-state index contributed by atoms with van der Waals surface area (Å²) in [4.78, 5) is 26.9. The van der Waals surface area contributed by atoms with E-state index in [0.717, 1.165) is 12.8 Å². The predicted molar refractivity (Wildman–Crippen MR) is 68.1 cm³/mol. The number of rotatable bonds is 3. The highest BCUT2D eigenvalue weighted by molar-refractivity contribution is 5.80. The number of carbonyl (C=O) groups excluding carboxylic acids is 2. The van der Waals surface area contributed by atoms with Crippen LogP contribution in [0.5, 0.6) is 0 Å². The van der Waals surface area contributed by atoms with Gasteiger partial charge in [-0.15, -0.1) is 0 Å². The van der Waals surface area contributed by atoms with Gasteiger partial charge in [-0.25, -0.2) is 4.79 Å². The molecule has 2 N–H and O–H groups in total. The van der Waals surface area contributed by atoms with Gasteiger partial charge in [0.15, 0.2) is 0 Å². The molecule has 1 aliphatic rings. The van der Waals surface area contributed by atoms with Crippen LogP contribution in [0.1, 0.15) is 19.8 Å². The molecule has 1 heterocycles. The van der Waals surface area contributed by atoms with Crippen molar-refractivity contribution >= 4 is 11.9 Å². The number of carbonyl (C=O) groups is 2. The summed E-state index contributed by atoms with van der Waals surface area (Å²) < 4.78 is 0. The molecule has 18 heavy (non-hydrogen) atoms. The van der Waals surface area contributed by atoms with E-state index in [-0.39, 0.29) is 24.4 Å². The van der Waals surface area contributed by atoms with E-state index in [1.54, 1.807) is 25.9 Å². The van der Waals surface area contributed by atoms with E-state index in [0.29, 0.717) is 13.1 Å². The minimum atomic E-state index is -0.544. The van der Waals surface area contributed by atoms with Gasteiger partial charge < -0.3 is 20.2 Å². The normalized spacial score (nSPS) is 21.3. The van der Waals surface area contributed by atoms with E-state index in [9.17, 15) is 9.59 Å². The third kappa shape index (κ3) is 4.18. The Morgan fingerprint density at radius 2 is 2.17 bits per heavy atom. The lowest BCUT2D eigenvalue weighted by Gasteiger charge is -2.33. The van der Waals surface area contributed by atoms with Crippen molar-refractivity contribution in [3.63, 3.8) is 0 Å². The van der Waals surface area contributed by atoms with Crippen LogP contribution in [-0.2, 0) is 4.79 Å². The number of aliphatic hydroxyl groups excluding tert-OH is 1. The van der Waals surface area contributed by atoms with E-state index in [1.807, 2.05) is 0 Å². The lowest BCUT2D eigenvalue weighted by molar-refractivity contribution is -0.126. The van der Waals surface area contributed by atoms with Crippen molar-refractivity contribution in [3.05, 3.63) is 0 Å². The van der Waals surface area contributed by atoms with Crippen LogP contribution in [0.3, 0.4) is 0 Å². The molecule has 0 saturated carbocycles. The van der Waals surface area contributed by atoms with Crippen LogP contribution in [0, 0.1) is 5.92 Å². The molecule has 0 aromatic carbocycles. The second-order valence-corrected chi connectivity index (χ2v) is 5.06. The fraction of sp³-hybridized carbons (Fsp3) is 0.833. The summed E-state index contributed by atoms with van der Waals surface area (Å²) in [5.41, 5.74) is 0. The molecule has 0 spiro atoms. The van der Waals surface area contributed by atoms with Crippen molar-refractivity contribution in [2.24, 2.45) is 5.92 Å². The molecule has 0 radical (unpaired) electrons. The molecule has 1 aliphatic heterocycles. The van der Waals surface area contributed by atoms with Gasteiger partial charge in [0.1, 0.15) is 0 Å². The van der Waals surface area contributed by atoms with Gasteiger partial charge in [0.05, 0.1) is 12.0 Å². The van der Waals surface area contributed by atoms with E-state index in [2.05, 4.69) is 5.32 Å². The van der Waals surface area contributed by atoms with E-state index in [1.165, 1.54) is 4.90 Å². The number of piperidine rings is 1. The first kappa shape index (κ1) is 14.8. The van der Waals surface area contributed by atoms with Crippen LogP contribution < -0.4 is 5.32 Å². The zero-order valence-electron chi connectivity index (χ0n) is 11.3. The first-order valence-electron chi connectivity index (χ1n) is 6.33. The maximum Gasteiger partial charge on any atom is 0.319 e. The zero-order chi connectivity index (χ0) is 13.7. The molecule has 1 rings (SSSR count).